The molecule has 1 aliphatic carbocycles. The Morgan fingerprint density at radius 1 is 1.15 bits per heavy atom. The maximum atomic E-state index is 16.8. The predicted molar refractivity (Wildman–Crippen MR) is 176 cm³/mol. The van der Waals surface area contributed by atoms with Crippen molar-refractivity contribution in [2.45, 2.75) is 83.0 Å². The van der Waals surface area contributed by atoms with Crippen molar-refractivity contribution in [1.82, 2.24) is 19.9 Å². The zero-order chi connectivity index (χ0) is 33.1. The maximum Gasteiger partial charge on any atom is 0.319 e. The van der Waals surface area contributed by atoms with Crippen molar-refractivity contribution in [2.75, 3.05) is 38.2 Å². The van der Waals surface area contributed by atoms with Gasteiger partial charge < -0.3 is 19.8 Å². The predicted octanol–water partition coefficient (Wildman–Crippen LogP) is 6.72. The number of hydrogen-bond donors (Lipinski definition) is 2. The zero-order valence-electron chi connectivity index (χ0n) is 27.2. The summed E-state index contributed by atoms with van der Waals surface area (Å²) in [6.45, 7) is 6.02. The van der Waals surface area contributed by atoms with Crippen LogP contribution in [-0.4, -0.2) is 81.2 Å². The fourth-order valence-electron chi connectivity index (χ4n) is 8.38. The average molecular weight is 650 g/mol. The summed E-state index contributed by atoms with van der Waals surface area (Å²) in [6.07, 6.45) is 6.23. The van der Waals surface area contributed by atoms with Gasteiger partial charge in [-0.1, -0.05) is 19.9 Å². The quantitative estimate of drug-likeness (QED) is 0.196. The Balaban J connectivity index is 1.29. The number of ether oxygens (including phenoxy) is 1. The highest BCUT2D eigenvalue weighted by Crippen LogP contribution is 2.45. The molecule has 0 radical (unpaired) electrons. The highest BCUT2D eigenvalue weighted by atomic mass is 19.1. The van der Waals surface area contributed by atoms with Gasteiger partial charge in [-0.2, -0.15) is 9.97 Å². The van der Waals surface area contributed by atoms with Crippen LogP contribution >= 0.6 is 0 Å². The van der Waals surface area contributed by atoms with Gasteiger partial charge in [0.25, 0.3) is 0 Å². The number of aliphatic hydroxyl groups excluding tert-OH is 1. The summed E-state index contributed by atoms with van der Waals surface area (Å²) in [5.74, 6) is -0.782. The topological polar surface area (TPSA) is 94.8 Å². The lowest BCUT2D eigenvalue weighted by molar-refractivity contribution is -0.0258. The molecule has 11 heteroatoms. The van der Waals surface area contributed by atoms with E-state index in [1.54, 1.807) is 6.07 Å². The lowest BCUT2D eigenvalue weighted by Gasteiger charge is -2.43. The van der Waals surface area contributed by atoms with E-state index >= 15 is 4.39 Å². The van der Waals surface area contributed by atoms with Gasteiger partial charge in [-0.3, -0.25) is 9.88 Å². The molecular weight excluding hydrogens is 607 g/mol. The number of anilines is 1. The van der Waals surface area contributed by atoms with Gasteiger partial charge in [0.1, 0.15) is 41.4 Å². The monoisotopic (exact) mass is 649 g/mol. The minimum absolute atomic E-state index is 0.00237. The van der Waals surface area contributed by atoms with E-state index in [4.69, 9.17) is 9.72 Å². The third kappa shape index (κ3) is 5.75. The number of phenols is 1. The van der Waals surface area contributed by atoms with Crippen LogP contribution in [0, 0.1) is 17.0 Å². The molecular formula is C36H42F3N5O3. The van der Waals surface area contributed by atoms with Crippen molar-refractivity contribution in [1.29, 1.82) is 0 Å². The van der Waals surface area contributed by atoms with Crippen LogP contribution in [-0.2, 0) is 6.42 Å². The van der Waals surface area contributed by atoms with Gasteiger partial charge in [0.15, 0.2) is 5.82 Å². The Morgan fingerprint density at radius 2 is 1.96 bits per heavy atom. The Kier molecular flexibility index (Phi) is 8.19. The van der Waals surface area contributed by atoms with Crippen molar-refractivity contribution >= 4 is 27.5 Å². The normalized spacial score (nSPS) is 25.8. The summed E-state index contributed by atoms with van der Waals surface area (Å²) in [7, 11) is 1.89. The number of nitrogens with zero attached hydrogens (tertiary/aromatic N) is 5. The van der Waals surface area contributed by atoms with Crippen molar-refractivity contribution in [3.8, 4) is 23.0 Å². The molecule has 2 N–H and O–H groups in total. The Hall–Kier alpha value is -3.70. The van der Waals surface area contributed by atoms with E-state index < -0.39 is 23.3 Å². The molecule has 1 saturated carbocycles. The molecule has 2 atom stereocenters. The molecule has 0 unspecified atom stereocenters. The highest BCUT2D eigenvalue weighted by molar-refractivity contribution is 6.01. The molecule has 3 aliphatic rings. The number of aromatic nitrogens is 3. The molecule has 0 amide bonds. The molecule has 8 nitrogen and oxygen atoms in total. The summed E-state index contributed by atoms with van der Waals surface area (Å²) in [6, 6.07) is 5.84. The smallest absolute Gasteiger partial charge is 0.319 e. The molecule has 0 spiro atoms. The summed E-state index contributed by atoms with van der Waals surface area (Å²) in [4.78, 5) is 17.9. The number of aliphatic hydroxyl groups is 1. The van der Waals surface area contributed by atoms with E-state index in [1.807, 2.05) is 18.9 Å². The van der Waals surface area contributed by atoms with Crippen molar-refractivity contribution in [3.63, 3.8) is 0 Å². The van der Waals surface area contributed by atoms with E-state index in [0.717, 1.165) is 45.1 Å². The van der Waals surface area contributed by atoms with E-state index in [-0.39, 0.29) is 46.7 Å². The number of halogens is 3. The van der Waals surface area contributed by atoms with Gasteiger partial charge in [-0.25, -0.2) is 13.2 Å². The number of pyridine rings is 1. The van der Waals surface area contributed by atoms with E-state index in [1.165, 1.54) is 24.4 Å². The molecule has 2 aromatic carbocycles. The van der Waals surface area contributed by atoms with Crippen LogP contribution in [0.2, 0.25) is 0 Å². The molecule has 7 rings (SSSR count). The van der Waals surface area contributed by atoms with Crippen LogP contribution in [0.15, 0.2) is 30.5 Å². The van der Waals surface area contributed by atoms with Crippen LogP contribution in [0.1, 0.15) is 64.4 Å². The molecule has 2 aromatic heterocycles. The number of rotatable bonds is 10. The largest absolute Gasteiger partial charge is 0.508 e. The van der Waals surface area contributed by atoms with E-state index in [0.29, 0.717) is 53.5 Å². The number of aromatic hydroxyl groups is 1. The van der Waals surface area contributed by atoms with Crippen LogP contribution in [0.3, 0.4) is 0 Å². The Labute approximate surface area is 272 Å². The number of aryl methyl sites for hydroxylation is 1. The molecule has 0 bridgehead atoms. The lowest BCUT2D eigenvalue weighted by atomic mass is 9.66. The molecule has 4 heterocycles. The van der Waals surface area contributed by atoms with Crippen molar-refractivity contribution < 1.29 is 28.1 Å². The van der Waals surface area contributed by atoms with Gasteiger partial charge in [0, 0.05) is 38.3 Å². The molecule has 2 aliphatic heterocycles. The fraction of sp³-hybridized carbons (Fsp3) is 0.528. The summed E-state index contributed by atoms with van der Waals surface area (Å²) in [5.41, 5.74) is 0.274. The zero-order valence-corrected chi connectivity index (χ0v) is 27.2. The first-order valence-corrected chi connectivity index (χ1v) is 16.7. The van der Waals surface area contributed by atoms with Crippen molar-refractivity contribution in [3.05, 3.63) is 47.7 Å². The minimum Gasteiger partial charge on any atom is -0.508 e. The second-order valence-corrected chi connectivity index (χ2v) is 14.2. The molecule has 47 heavy (non-hydrogen) atoms. The van der Waals surface area contributed by atoms with Crippen molar-refractivity contribution in [2.24, 2.45) is 5.41 Å². The molecule has 3 fully saturated rings. The highest BCUT2D eigenvalue weighted by Gasteiger charge is 2.49. The molecule has 2 saturated heterocycles. The van der Waals surface area contributed by atoms with E-state index in [9.17, 15) is 19.0 Å². The number of fused-ring (bicyclic) bond motifs is 3. The number of benzene rings is 2. The second kappa shape index (κ2) is 12.1. The number of hydrogen-bond acceptors (Lipinski definition) is 8. The molecule has 250 valence electrons. The molecule has 4 aromatic rings. The minimum atomic E-state index is -0.919. The Bertz CT molecular complexity index is 1830. The van der Waals surface area contributed by atoms with Gasteiger partial charge in [0.2, 0.25) is 0 Å². The third-order valence-electron chi connectivity index (χ3n) is 10.7. The lowest BCUT2D eigenvalue weighted by Crippen LogP contribution is -2.43. The van der Waals surface area contributed by atoms with Gasteiger partial charge in [0.05, 0.1) is 17.0 Å². The van der Waals surface area contributed by atoms with Gasteiger partial charge in [-0.15, -0.1) is 0 Å². The second-order valence-electron chi connectivity index (χ2n) is 14.2. The number of phenolic OH excluding ortho intramolecular Hbond substituents is 1. The summed E-state index contributed by atoms with van der Waals surface area (Å²) in [5, 5.41) is 21.8. The number of alkyl halides is 1. The first-order chi connectivity index (χ1) is 22.5. The average Bonchev–Trinajstić information content (AvgIpc) is 3.54. The fourth-order valence-corrected chi connectivity index (χ4v) is 8.38. The first kappa shape index (κ1) is 31.9. The van der Waals surface area contributed by atoms with Gasteiger partial charge in [-0.05, 0) is 91.4 Å². The summed E-state index contributed by atoms with van der Waals surface area (Å²) < 4.78 is 52.4. The van der Waals surface area contributed by atoms with Crippen LogP contribution in [0.4, 0.5) is 19.0 Å². The SMILES string of the molecule is CCc1c(F)ccc2cc(O)cc(-c3ncc4c(N(C)CCCC5(C)CC(O)C5)nc(OC[C@@]56CCCN5C[C@H](F)C6)nc4c3F)c12. The van der Waals surface area contributed by atoms with Crippen LogP contribution in [0.25, 0.3) is 32.9 Å². The maximum absolute atomic E-state index is 16.8. The first-order valence-electron chi connectivity index (χ1n) is 16.7. The van der Waals surface area contributed by atoms with Crippen LogP contribution in [0.5, 0.6) is 11.8 Å². The third-order valence-corrected chi connectivity index (χ3v) is 10.7. The Morgan fingerprint density at radius 3 is 2.72 bits per heavy atom. The van der Waals surface area contributed by atoms with Gasteiger partial charge >= 0.3 is 6.01 Å². The summed E-state index contributed by atoms with van der Waals surface area (Å²) >= 11 is 0. The van der Waals surface area contributed by atoms with E-state index in [2.05, 4.69) is 21.8 Å². The van der Waals surface area contributed by atoms with Crippen LogP contribution < -0.4 is 9.64 Å². The standard InChI is InChI=1S/C36H42F3N5O3/c1-4-25-28(38)8-7-21-13-23(45)14-26(29(21)25)31-30(39)32-27(18-40-31)33(43(3)11-5-9-35(2)16-24(46)17-35)42-34(41-32)47-20-36-10-6-12-44(36)19-22(37)15-36/h7-8,13-14,18,22,24,45-46H,4-6,9-12,15-17,19-20H2,1-3H3/t22-,24?,35?,36+/m1/s1.